The Kier molecular flexibility index (Phi) is 4.20. The van der Waals surface area contributed by atoms with Crippen LogP contribution >= 0.6 is 0 Å². The monoisotopic (exact) mass is 272 g/mol. The third kappa shape index (κ3) is 3.47. The van der Waals surface area contributed by atoms with Crippen molar-refractivity contribution >= 4 is 11.4 Å². The van der Waals surface area contributed by atoms with E-state index in [-0.39, 0.29) is 16.4 Å². The number of hydrogen-bond donors (Lipinski definition) is 2. The van der Waals surface area contributed by atoms with Crippen LogP contribution in [0.3, 0.4) is 0 Å². The van der Waals surface area contributed by atoms with Gasteiger partial charge < -0.3 is 10.4 Å². The molecule has 2 N–H and O–H groups in total. The van der Waals surface area contributed by atoms with Crippen LogP contribution in [-0.4, -0.2) is 16.6 Å². The summed E-state index contributed by atoms with van der Waals surface area (Å²) in [6, 6.07) is 12.1. The summed E-state index contributed by atoms with van der Waals surface area (Å²) < 4.78 is 0. The quantitative estimate of drug-likeness (QED) is 0.647. The maximum atomic E-state index is 11.0. The molecule has 20 heavy (non-hydrogen) atoms. The number of nitrogens with zero attached hydrogens (tertiary/aromatic N) is 1. The van der Waals surface area contributed by atoms with Gasteiger partial charge in [0.15, 0.2) is 0 Å². The Morgan fingerprint density at radius 2 is 1.90 bits per heavy atom. The van der Waals surface area contributed by atoms with Gasteiger partial charge in [-0.05, 0) is 42.7 Å². The first-order valence-corrected chi connectivity index (χ1v) is 6.33. The molecule has 0 fully saturated rings. The van der Waals surface area contributed by atoms with Gasteiger partial charge in [0.25, 0.3) is 5.69 Å². The van der Waals surface area contributed by atoms with Crippen molar-refractivity contribution in [2.75, 3.05) is 11.9 Å². The number of nitro benzene ring substituents is 1. The Bertz CT molecular complexity index is 609. The van der Waals surface area contributed by atoms with Gasteiger partial charge in [0, 0.05) is 12.6 Å². The molecule has 0 aliphatic rings. The smallest absolute Gasteiger partial charge is 0.292 e. The lowest BCUT2D eigenvalue weighted by Gasteiger charge is -2.08. The zero-order valence-electron chi connectivity index (χ0n) is 11.2. The summed E-state index contributed by atoms with van der Waals surface area (Å²) in [6.45, 7) is 2.42. The van der Waals surface area contributed by atoms with E-state index in [1.54, 1.807) is 24.3 Å². The number of hydrogen-bond acceptors (Lipinski definition) is 4. The summed E-state index contributed by atoms with van der Waals surface area (Å²) in [5.74, 6) is 0.232. The molecule has 0 bridgehead atoms. The molecule has 0 saturated heterocycles. The SMILES string of the molecule is Cc1ccc(NCCc2ccc(O)cc2)c([N+](=O)[O-])c1. The number of benzene rings is 2. The first kappa shape index (κ1) is 13.9. The standard InChI is InChI=1S/C15H16N2O3/c1-11-2-7-14(15(10-11)17(19)20)16-9-8-12-3-5-13(18)6-4-12/h2-7,10,16,18H,8-9H2,1H3. The Balaban J connectivity index is 2.00. The van der Waals surface area contributed by atoms with Crippen LogP contribution in [0.4, 0.5) is 11.4 Å². The molecule has 5 nitrogen and oxygen atoms in total. The summed E-state index contributed by atoms with van der Waals surface area (Å²) in [5.41, 5.74) is 2.54. The third-order valence-electron chi connectivity index (χ3n) is 3.02. The van der Waals surface area contributed by atoms with Crippen molar-refractivity contribution in [3.63, 3.8) is 0 Å². The molecule has 0 aromatic heterocycles. The van der Waals surface area contributed by atoms with Crippen LogP contribution in [0.25, 0.3) is 0 Å². The number of phenolic OH excluding ortho intramolecular Hbond substituents is 1. The van der Waals surface area contributed by atoms with Crippen LogP contribution in [0.2, 0.25) is 0 Å². The van der Waals surface area contributed by atoms with Crippen molar-refractivity contribution in [3.8, 4) is 5.75 Å². The van der Waals surface area contributed by atoms with Crippen LogP contribution in [0.5, 0.6) is 5.75 Å². The molecule has 0 heterocycles. The minimum absolute atomic E-state index is 0.0932. The van der Waals surface area contributed by atoms with Crippen LogP contribution in [0.1, 0.15) is 11.1 Å². The van der Waals surface area contributed by atoms with Crippen molar-refractivity contribution in [2.24, 2.45) is 0 Å². The van der Waals surface area contributed by atoms with Gasteiger partial charge in [-0.15, -0.1) is 0 Å². The molecule has 0 amide bonds. The van der Waals surface area contributed by atoms with Gasteiger partial charge in [-0.3, -0.25) is 10.1 Å². The summed E-state index contributed by atoms with van der Waals surface area (Å²) >= 11 is 0. The highest BCUT2D eigenvalue weighted by molar-refractivity contribution is 5.62. The number of nitrogens with one attached hydrogen (secondary N) is 1. The van der Waals surface area contributed by atoms with Crippen LogP contribution in [-0.2, 0) is 6.42 Å². The van der Waals surface area contributed by atoms with Gasteiger partial charge in [0.05, 0.1) is 4.92 Å². The average Bonchev–Trinajstić information content (AvgIpc) is 2.42. The van der Waals surface area contributed by atoms with E-state index < -0.39 is 0 Å². The molecule has 0 atom stereocenters. The summed E-state index contributed by atoms with van der Waals surface area (Å²) in [6.07, 6.45) is 0.727. The largest absolute Gasteiger partial charge is 0.508 e. The third-order valence-corrected chi connectivity index (χ3v) is 3.02. The van der Waals surface area contributed by atoms with E-state index in [1.165, 1.54) is 0 Å². The Labute approximate surface area is 117 Å². The van der Waals surface area contributed by atoms with E-state index in [0.29, 0.717) is 12.2 Å². The van der Waals surface area contributed by atoms with Crippen LogP contribution in [0.15, 0.2) is 42.5 Å². The van der Waals surface area contributed by atoms with Gasteiger partial charge >= 0.3 is 0 Å². The molecule has 5 heteroatoms. The van der Waals surface area contributed by atoms with E-state index in [0.717, 1.165) is 17.5 Å². The first-order chi connectivity index (χ1) is 9.56. The van der Waals surface area contributed by atoms with Gasteiger partial charge in [0.1, 0.15) is 11.4 Å². The molecule has 2 aromatic rings. The highest BCUT2D eigenvalue weighted by Gasteiger charge is 2.12. The maximum absolute atomic E-state index is 11.0. The van der Waals surface area contributed by atoms with Gasteiger partial charge in [-0.1, -0.05) is 18.2 Å². The first-order valence-electron chi connectivity index (χ1n) is 6.33. The van der Waals surface area contributed by atoms with Crippen molar-refractivity contribution in [2.45, 2.75) is 13.3 Å². The normalized spacial score (nSPS) is 10.2. The van der Waals surface area contributed by atoms with Crippen molar-refractivity contribution in [1.82, 2.24) is 0 Å². The fourth-order valence-electron chi connectivity index (χ4n) is 1.95. The van der Waals surface area contributed by atoms with E-state index in [1.807, 2.05) is 25.1 Å². The number of anilines is 1. The molecule has 0 radical (unpaired) electrons. The molecular formula is C15H16N2O3. The van der Waals surface area contributed by atoms with Gasteiger partial charge in [-0.2, -0.15) is 0 Å². The fraction of sp³-hybridized carbons (Fsp3) is 0.200. The molecule has 0 saturated carbocycles. The Morgan fingerprint density at radius 3 is 2.55 bits per heavy atom. The lowest BCUT2D eigenvalue weighted by molar-refractivity contribution is -0.384. The molecule has 0 spiro atoms. The second-order valence-electron chi connectivity index (χ2n) is 4.62. The maximum Gasteiger partial charge on any atom is 0.292 e. The van der Waals surface area contributed by atoms with E-state index >= 15 is 0 Å². The van der Waals surface area contributed by atoms with Crippen LogP contribution < -0.4 is 5.32 Å². The summed E-state index contributed by atoms with van der Waals surface area (Å²) in [5, 5.41) is 23.3. The van der Waals surface area contributed by atoms with Crippen molar-refractivity contribution < 1.29 is 10.0 Å². The molecule has 2 aromatic carbocycles. The van der Waals surface area contributed by atoms with E-state index in [9.17, 15) is 15.2 Å². The molecule has 2 rings (SSSR count). The predicted octanol–water partition coefficient (Wildman–Crippen LogP) is 3.26. The zero-order valence-corrected chi connectivity index (χ0v) is 11.2. The molecule has 0 aliphatic carbocycles. The summed E-state index contributed by atoms with van der Waals surface area (Å²) in [4.78, 5) is 10.6. The predicted molar refractivity (Wildman–Crippen MR) is 78.1 cm³/mol. The lowest BCUT2D eigenvalue weighted by Crippen LogP contribution is -2.07. The molecular weight excluding hydrogens is 256 g/mol. The van der Waals surface area contributed by atoms with E-state index in [4.69, 9.17) is 0 Å². The number of rotatable bonds is 5. The number of phenols is 1. The Hall–Kier alpha value is -2.56. The molecule has 104 valence electrons. The zero-order chi connectivity index (χ0) is 14.5. The summed E-state index contributed by atoms with van der Waals surface area (Å²) in [7, 11) is 0. The van der Waals surface area contributed by atoms with Gasteiger partial charge in [0.2, 0.25) is 0 Å². The fourth-order valence-corrected chi connectivity index (χ4v) is 1.95. The van der Waals surface area contributed by atoms with Crippen molar-refractivity contribution in [3.05, 3.63) is 63.7 Å². The minimum atomic E-state index is -0.379. The second-order valence-corrected chi connectivity index (χ2v) is 4.62. The number of nitro groups is 1. The Morgan fingerprint density at radius 1 is 1.20 bits per heavy atom. The topological polar surface area (TPSA) is 75.4 Å². The number of aromatic hydroxyl groups is 1. The highest BCUT2D eigenvalue weighted by atomic mass is 16.6. The van der Waals surface area contributed by atoms with Gasteiger partial charge in [-0.25, -0.2) is 0 Å². The second kappa shape index (κ2) is 6.06. The van der Waals surface area contributed by atoms with E-state index in [2.05, 4.69) is 5.32 Å². The average molecular weight is 272 g/mol. The van der Waals surface area contributed by atoms with Crippen molar-refractivity contribution in [1.29, 1.82) is 0 Å². The molecule has 0 unspecified atom stereocenters. The minimum Gasteiger partial charge on any atom is -0.508 e. The van der Waals surface area contributed by atoms with Crippen LogP contribution in [0, 0.1) is 17.0 Å². The molecule has 0 aliphatic heterocycles. The number of aryl methyl sites for hydroxylation is 1. The lowest BCUT2D eigenvalue weighted by atomic mass is 10.1. The highest BCUT2D eigenvalue weighted by Crippen LogP contribution is 2.25.